The Morgan fingerprint density at radius 3 is 2.32 bits per heavy atom. The first-order valence-electron chi connectivity index (χ1n) is 13.3. The van der Waals surface area contributed by atoms with Crippen molar-refractivity contribution in [2.75, 3.05) is 24.5 Å². The highest BCUT2D eigenvalue weighted by Crippen LogP contribution is 2.31. The van der Waals surface area contributed by atoms with Gasteiger partial charge in [0, 0.05) is 36.8 Å². The number of aryl methyl sites for hydroxylation is 4. The van der Waals surface area contributed by atoms with Crippen molar-refractivity contribution in [2.45, 2.75) is 79.6 Å². The smallest absolute Gasteiger partial charge is 0.254 e. The van der Waals surface area contributed by atoms with Gasteiger partial charge >= 0.3 is 0 Å². The maximum Gasteiger partial charge on any atom is 0.254 e. The predicted octanol–water partition coefficient (Wildman–Crippen LogP) is 6.37. The first-order valence-corrected chi connectivity index (χ1v) is 13.3. The third-order valence-corrected chi connectivity index (χ3v) is 7.19. The Morgan fingerprint density at radius 2 is 1.65 bits per heavy atom. The van der Waals surface area contributed by atoms with Crippen LogP contribution in [0.1, 0.15) is 86.0 Å². The summed E-state index contributed by atoms with van der Waals surface area (Å²) in [7, 11) is 0. The number of rotatable bonds is 4. The molecule has 0 aliphatic carbocycles. The van der Waals surface area contributed by atoms with Gasteiger partial charge in [-0.05, 0) is 80.7 Å². The number of carbonyl (C=O) groups excluding carboxylic acids is 2. The molecule has 1 saturated heterocycles. The van der Waals surface area contributed by atoms with Crippen molar-refractivity contribution in [3.63, 3.8) is 0 Å². The Kier molecular flexibility index (Phi) is 9.32. The highest BCUT2D eigenvalue weighted by Gasteiger charge is 2.32. The maximum atomic E-state index is 13.5. The summed E-state index contributed by atoms with van der Waals surface area (Å²) >= 11 is 0. The zero-order chi connectivity index (χ0) is 24.7. The largest absolute Gasteiger partial charge is 0.339 e. The molecule has 0 aromatic heterocycles. The molecule has 0 spiro atoms. The highest BCUT2D eigenvalue weighted by molar-refractivity contribution is 5.97. The van der Waals surface area contributed by atoms with E-state index in [1.807, 2.05) is 35.8 Å². The molecule has 0 N–H and O–H groups in total. The van der Waals surface area contributed by atoms with E-state index in [0.29, 0.717) is 13.1 Å². The Morgan fingerprint density at radius 1 is 0.912 bits per heavy atom. The van der Waals surface area contributed by atoms with Crippen LogP contribution in [0.5, 0.6) is 0 Å². The number of hydrogen-bond donors (Lipinski definition) is 0. The summed E-state index contributed by atoms with van der Waals surface area (Å²) in [6, 6.07) is 12.7. The summed E-state index contributed by atoms with van der Waals surface area (Å²) in [4.78, 5) is 30.7. The van der Waals surface area contributed by atoms with Crippen LogP contribution in [-0.4, -0.2) is 36.3 Å². The summed E-state index contributed by atoms with van der Waals surface area (Å²) in [6.07, 6.45) is 6.60. The normalized spacial score (nSPS) is 16.3. The highest BCUT2D eigenvalue weighted by atomic mass is 16.2. The van der Waals surface area contributed by atoms with Crippen LogP contribution in [0.2, 0.25) is 0 Å². The molecule has 4 rings (SSSR count). The third-order valence-electron chi connectivity index (χ3n) is 7.19. The number of fused-ring (bicyclic) bond motifs is 1. The van der Waals surface area contributed by atoms with Crippen molar-refractivity contribution in [3.8, 4) is 0 Å². The molecule has 2 amide bonds. The number of amides is 2. The minimum absolute atomic E-state index is 0.000449. The van der Waals surface area contributed by atoms with Crippen molar-refractivity contribution >= 4 is 17.5 Å². The molecule has 0 radical (unpaired) electrons. The van der Waals surface area contributed by atoms with Crippen LogP contribution in [0, 0.1) is 12.8 Å². The van der Waals surface area contributed by atoms with E-state index in [1.165, 1.54) is 16.7 Å². The van der Waals surface area contributed by atoms with Gasteiger partial charge in [0.05, 0.1) is 0 Å². The van der Waals surface area contributed by atoms with Crippen molar-refractivity contribution < 1.29 is 9.59 Å². The van der Waals surface area contributed by atoms with Gasteiger partial charge in [-0.3, -0.25) is 9.59 Å². The lowest BCUT2D eigenvalue weighted by molar-refractivity contribution is -0.123. The van der Waals surface area contributed by atoms with E-state index in [1.54, 1.807) is 0 Å². The number of piperidine rings is 1. The predicted molar refractivity (Wildman–Crippen MR) is 142 cm³/mol. The molecule has 0 bridgehead atoms. The number of hydrogen-bond acceptors (Lipinski definition) is 2. The molecule has 4 heteroatoms. The molecule has 2 aliphatic heterocycles. The van der Waals surface area contributed by atoms with Crippen molar-refractivity contribution in [3.05, 3.63) is 64.2 Å². The van der Waals surface area contributed by atoms with Crippen molar-refractivity contribution in [1.29, 1.82) is 0 Å². The van der Waals surface area contributed by atoms with Gasteiger partial charge in [-0.25, -0.2) is 0 Å². The topological polar surface area (TPSA) is 40.6 Å². The Balaban J connectivity index is 0.00000158. The van der Waals surface area contributed by atoms with Gasteiger partial charge in [-0.1, -0.05) is 57.5 Å². The second kappa shape index (κ2) is 12.2. The fraction of sp³-hybridized carbons (Fsp3) is 0.533. The third kappa shape index (κ3) is 5.71. The number of likely N-dealkylation sites (tertiary alicyclic amines) is 1. The van der Waals surface area contributed by atoms with Crippen LogP contribution in [0.15, 0.2) is 36.4 Å². The summed E-state index contributed by atoms with van der Waals surface area (Å²) in [5.74, 6) is 0.355. The first-order chi connectivity index (χ1) is 16.5. The van der Waals surface area contributed by atoms with Crippen LogP contribution in [0.4, 0.5) is 5.69 Å². The molecule has 0 saturated carbocycles. The molecule has 0 atom stereocenters. The SMILES string of the molecule is CC.CCc1ccc2c(c1)CCCCN2C(=O)C1CCN(C(=O)c2ccc(C)cc2CC)CC1. The van der Waals surface area contributed by atoms with E-state index in [-0.39, 0.29) is 17.7 Å². The van der Waals surface area contributed by atoms with Crippen LogP contribution in [-0.2, 0) is 24.1 Å². The second-order valence-corrected chi connectivity index (χ2v) is 9.34. The molecule has 2 aliphatic rings. The first kappa shape index (κ1) is 26.0. The lowest BCUT2D eigenvalue weighted by Crippen LogP contribution is -2.45. The monoisotopic (exact) mass is 462 g/mol. The average molecular weight is 463 g/mol. The number of carbonyl (C=O) groups is 2. The van der Waals surface area contributed by atoms with Gasteiger partial charge < -0.3 is 9.80 Å². The van der Waals surface area contributed by atoms with E-state index in [4.69, 9.17) is 0 Å². The Labute approximate surface area is 206 Å². The lowest BCUT2D eigenvalue weighted by Gasteiger charge is -2.35. The van der Waals surface area contributed by atoms with Gasteiger partial charge in [-0.15, -0.1) is 0 Å². The molecule has 1 fully saturated rings. The Bertz CT molecular complexity index is 989. The zero-order valence-electron chi connectivity index (χ0n) is 21.8. The molecule has 2 heterocycles. The minimum Gasteiger partial charge on any atom is -0.339 e. The average Bonchev–Trinajstić information content (AvgIpc) is 3.11. The molecule has 34 heavy (non-hydrogen) atoms. The van der Waals surface area contributed by atoms with Crippen LogP contribution >= 0.6 is 0 Å². The molecular formula is C30H42N2O2. The zero-order valence-corrected chi connectivity index (χ0v) is 21.8. The van der Waals surface area contributed by atoms with Gasteiger partial charge in [0.25, 0.3) is 5.91 Å². The molecule has 184 valence electrons. The quantitative estimate of drug-likeness (QED) is 0.530. The van der Waals surface area contributed by atoms with Gasteiger partial charge in [0.15, 0.2) is 0 Å². The fourth-order valence-electron chi connectivity index (χ4n) is 5.20. The molecular weight excluding hydrogens is 420 g/mol. The van der Waals surface area contributed by atoms with Gasteiger partial charge in [0.2, 0.25) is 5.91 Å². The maximum absolute atomic E-state index is 13.5. The summed E-state index contributed by atoms with van der Waals surface area (Å²) in [5.41, 5.74) is 6.88. The van der Waals surface area contributed by atoms with E-state index in [9.17, 15) is 9.59 Å². The number of nitrogens with zero attached hydrogens (tertiary/aromatic N) is 2. The molecule has 4 nitrogen and oxygen atoms in total. The summed E-state index contributed by atoms with van der Waals surface area (Å²) in [5, 5.41) is 0. The van der Waals surface area contributed by atoms with Crippen molar-refractivity contribution in [1.82, 2.24) is 4.90 Å². The molecule has 0 unspecified atom stereocenters. The fourth-order valence-corrected chi connectivity index (χ4v) is 5.20. The van der Waals surface area contributed by atoms with Gasteiger partial charge in [0.1, 0.15) is 0 Å². The molecule has 2 aromatic carbocycles. The van der Waals surface area contributed by atoms with E-state index >= 15 is 0 Å². The van der Waals surface area contributed by atoms with Crippen LogP contribution < -0.4 is 4.90 Å². The summed E-state index contributed by atoms with van der Waals surface area (Å²) < 4.78 is 0. The Hall–Kier alpha value is -2.62. The van der Waals surface area contributed by atoms with Crippen molar-refractivity contribution in [2.24, 2.45) is 5.92 Å². The number of benzene rings is 2. The molecule has 2 aromatic rings. The van der Waals surface area contributed by atoms with E-state index in [2.05, 4.69) is 45.0 Å². The standard InChI is InChI=1S/C28H36N2O2.C2H6/c1-4-21-10-12-26-24(19-21)8-6-7-15-30(26)27(31)23-13-16-29(17-14-23)28(32)25-11-9-20(3)18-22(25)5-2;1-2/h9-12,18-19,23H,4-8,13-17H2,1-3H3;1-2H3. The van der Waals surface area contributed by atoms with E-state index < -0.39 is 0 Å². The minimum atomic E-state index is -0.000449. The summed E-state index contributed by atoms with van der Waals surface area (Å²) in [6.45, 7) is 12.5. The van der Waals surface area contributed by atoms with E-state index in [0.717, 1.165) is 68.3 Å². The lowest BCUT2D eigenvalue weighted by atomic mass is 9.93. The van der Waals surface area contributed by atoms with Crippen LogP contribution in [0.25, 0.3) is 0 Å². The number of anilines is 1. The van der Waals surface area contributed by atoms with Crippen LogP contribution in [0.3, 0.4) is 0 Å². The van der Waals surface area contributed by atoms with Gasteiger partial charge in [-0.2, -0.15) is 0 Å². The second-order valence-electron chi connectivity index (χ2n) is 9.34.